The first-order valence-corrected chi connectivity index (χ1v) is 18.8. The van der Waals surface area contributed by atoms with Crippen molar-refractivity contribution in [2.45, 2.75) is 91.8 Å². The fourth-order valence-electron chi connectivity index (χ4n) is 5.64. The maximum atomic E-state index is 12.3. The van der Waals surface area contributed by atoms with E-state index in [1.165, 1.54) is 0 Å². The van der Waals surface area contributed by atoms with E-state index >= 15 is 0 Å². The Morgan fingerprint density at radius 1 is 0.673 bits per heavy atom. The maximum absolute atomic E-state index is 12.3. The van der Waals surface area contributed by atoms with Crippen LogP contribution in [0.15, 0.2) is 86.3 Å². The van der Waals surface area contributed by atoms with Crippen molar-refractivity contribution in [2.24, 2.45) is 0 Å². The van der Waals surface area contributed by atoms with Crippen LogP contribution in [0.2, 0.25) is 0 Å². The number of hydrogen-bond acceptors (Lipinski definition) is 10. The fraction of sp³-hybridized carbons (Fsp3) is 0.357. The van der Waals surface area contributed by atoms with Crippen molar-refractivity contribution >= 4 is 45.5 Å². The van der Waals surface area contributed by atoms with E-state index in [-0.39, 0.29) is 5.97 Å². The number of aromatic nitrogens is 2. The minimum atomic E-state index is -0.609. The molecule has 0 saturated heterocycles. The highest BCUT2D eigenvalue weighted by atomic mass is 79.9. The van der Waals surface area contributed by atoms with Gasteiger partial charge in [0.2, 0.25) is 0 Å². The van der Waals surface area contributed by atoms with E-state index in [1.807, 2.05) is 100 Å². The molecule has 0 unspecified atom stereocenters. The number of nitrogens with one attached hydrogen (secondary N) is 2. The zero-order valence-corrected chi connectivity index (χ0v) is 34.2. The topological polar surface area (TPSA) is 155 Å². The van der Waals surface area contributed by atoms with Crippen LogP contribution in [0.5, 0.6) is 0 Å². The molecule has 1 aliphatic rings. The molecule has 55 heavy (non-hydrogen) atoms. The number of hydrogen-bond donors (Lipinski definition) is 2. The van der Waals surface area contributed by atoms with Gasteiger partial charge in [-0.2, -0.15) is 0 Å². The van der Waals surface area contributed by atoms with Crippen LogP contribution in [0.3, 0.4) is 0 Å². The van der Waals surface area contributed by atoms with Crippen LogP contribution in [-0.2, 0) is 24.4 Å². The molecule has 6 rings (SSSR count). The predicted molar refractivity (Wildman–Crippen MR) is 214 cm³/mol. The summed E-state index contributed by atoms with van der Waals surface area (Å²) in [7, 11) is 0. The lowest BCUT2D eigenvalue weighted by Gasteiger charge is -2.19. The number of carbonyl (C=O) groups excluding carboxylic acids is 3. The third-order valence-corrected chi connectivity index (χ3v) is 8.95. The molecule has 0 spiro atoms. The number of esters is 1. The van der Waals surface area contributed by atoms with E-state index in [9.17, 15) is 14.4 Å². The lowest BCUT2D eigenvalue weighted by molar-refractivity contribution is -0.146. The third kappa shape index (κ3) is 10.4. The second kappa shape index (κ2) is 16.5. The summed E-state index contributed by atoms with van der Waals surface area (Å²) >= 11 is 3.38. The van der Waals surface area contributed by atoms with Crippen molar-refractivity contribution in [2.75, 3.05) is 17.2 Å². The molecule has 1 fully saturated rings. The number of amides is 2. The molecule has 0 radical (unpaired) electrons. The molecule has 2 amide bonds. The van der Waals surface area contributed by atoms with Crippen molar-refractivity contribution in [1.82, 2.24) is 10.3 Å². The van der Waals surface area contributed by atoms with Crippen LogP contribution in [-0.4, -0.2) is 46.3 Å². The van der Waals surface area contributed by atoms with E-state index in [0.29, 0.717) is 40.9 Å². The number of anilines is 2. The number of halogens is 1. The second-order valence-electron chi connectivity index (χ2n) is 15.2. The van der Waals surface area contributed by atoms with Crippen molar-refractivity contribution in [3.63, 3.8) is 0 Å². The highest BCUT2D eigenvalue weighted by Gasteiger charge is 2.52. The number of carbonyl (C=O) groups is 3. The summed E-state index contributed by atoms with van der Waals surface area (Å²) in [6.45, 7) is 16.6. The SMILES string of the molecule is CCOC(=O)C1(c2ccc(-c3ccc(-c4onc(C)c4NC(=O)OC(C)(C)C)cc3)cc2)CC1.Cc1noc(-c2ccc(Br)cc2)c1NC(=O)OC(C)(C)C. The van der Waals surface area contributed by atoms with Crippen LogP contribution >= 0.6 is 15.9 Å². The Hall–Kier alpha value is -5.43. The quantitative estimate of drug-likeness (QED) is 0.114. The van der Waals surface area contributed by atoms with Gasteiger partial charge >= 0.3 is 18.2 Å². The summed E-state index contributed by atoms with van der Waals surface area (Å²) in [5.74, 6) is 0.839. The molecule has 2 N–H and O–H groups in total. The highest BCUT2D eigenvalue weighted by Crippen LogP contribution is 2.49. The zero-order chi connectivity index (χ0) is 40.1. The summed E-state index contributed by atoms with van der Waals surface area (Å²) in [5.41, 5.74) is 5.19. The lowest BCUT2D eigenvalue weighted by atomic mass is 9.93. The monoisotopic (exact) mass is 814 g/mol. The van der Waals surface area contributed by atoms with Gasteiger partial charge in [0, 0.05) is 15.6 Å². The Bertz CT molecular complexity index is 2120. The molecule has 0 bridgehead atoms. The minimum Gasteiger partial charge on any atom is -0.465 e. The van der Waals surface area contributed by atoms with Gasteiger partial charge in [-0.05, 0) is 116 Å². The molecule has 5 aromatic rings. The summed E-state index contributed by atoms with van der Waals surface area (Å²) in [5, 5.41) is 13.4. The van der Waals surface area contributed by atoms with Gasteiger partial charge in [-0.1, -0.05) is 74.8 Å². The van der Waals surface area contributed by atoms with Gasteiger partial charge in [-0.3, -0.25) is 15.4 Å². The van der Waals surface area contributed by atoms with Gasteiger partial charge in [0.25, 0.3) is 0 Å². The molecule has 0 atom stereocenters. The molecule has 1 saturated carbocycles. The largest absolute Gasteiger partial charge is 0.465 e. The molecular weight excluding hydrogens is 768 g/mol. The number of ether oxygens (including phenoxy) is 3. The standard InChI is InChI=1S/C27H30N2O5.C15H17BrN2O3/c1-6-32-24(30)27(15-16-27)21-13-11-19(12-14-21)18-7-9-20(10-8-18)23-22(17(2)29-34-23)28-25(31)33-26(3,4)5;1-9-12(17-14(19)20-15(2,3)4)13(21-18-9)10-5-7-11(16)8-6-10/h7-14H,6,15-16H2,1-5H3,(H,28,31);5-8H,1-4H3,(H,17,19). The molecule has 2 aromatic heterocycles. The highest BCUT2D eigenvalue weighted by molar-refractivity contribution is 9.10. The molecule has 1 aliphatic carbocycles. The van der Waals surface area contributed by atoms with Gasteiger partial charge < -0.3 is 23.3 Å². The molecule has 290 valence electrons. The van der Waals surface area contributed by atoms with Crippen molar-refractivity contribution in [3.05, 3.63) is 94.2 Å². The molecule has 0 aliphatic heterocycles. The van der Waals surface area contributed by atoms with E-state index in [2.05, 4.69) is 36.9 Å². The average molecular weight is 816 g/mol. The molecular formula is C42H47BrN4O8. The Kier molecular flexibility index (Phi) is 12.2. The smallest absolute Gasteiger partial charge is 0.412 e. The minimum absolute atomic E-state index is 0.134. The van der Waals surface area contributed by atoms with Crippen molar-refractivity contribution < 1.29 is 37.6 Å². The normalized spacial score (nSPS) is 13.2. The summed E-state index contributed by atoms with van der Waals surface area (Å²) in [6, 6.07) is 23.4. The number of rotatable bonds is 8. The number of aryl methyl sites for hydroxylation is 2. The van der Waals surface area contributed by atoms with Gasteiger partial charge in [0.1, 0.15) is 34.0 Å². The predicted octanol–water partition coefficient (Wildman–Crippen LogP) is 11.0. The van der Waals surface area contributed by atoms with Gasteiger partial charge in [0.15, 0.2) is 11.5 Å². The van der Waals surface area contributed by atoms with Crippen molar-refractivity contribution in [1.29, 1.82) is 0 Å². The summed E-state index contributed by atoms with van der Waals surface area (Å²) in [6.07, 6.45) is 0.562. The fourth-order valence-corrected chi connectivity index (χ4v) is 5.91. The molecule has 2 heterocycles. The number of benzene rings is 3. The molecule has 3 aromatic carbocycles. The van der Waals surface area contributed by atoms with Crippen LogP contribution < -0.4 is 10.6 Å². The summed E-state index contributed by atoms with van der Waals surface area (Å²) < 4.78 is 27.6. The summed E-state index contributed by atoms with van der Waals surface area (Å²) in [4.78, 5) is 36.5. The first kappa shape index (κ1) is 40.7. The first-order chi connectivity index (χ1) is 25.9. The van der Waals surface area contributed by atoms with Crippen LogP contribution in [0, 0.1) is 13.8 Å². The van der Waals surface area contributed by atoms with E-state index in [0.717, 1.165) is 45.1 Å². The Balaban J connectivity index is 0.000000237. The van der Waals surface area contributed by atoms with Crippen LogP contribution in [0.1, 0.15) is 78.3 Å². The molecule has 12 nitrogen and oxygen atoms in total. The van der Waals surface area contributed by atoms with Crippen LogP contribution in [0.4, 0.5) is 21.0 Å². The van der Waals surface area contributed by atoms with Gasteiger partial charge in [-0.15, -0.1) is 0 Å². The Morgan fingerprint density at radius 2 is 1.05 bits per heavy atom. The van der Waals surface area contributed by atoms with Gasteiger partial charge in [0.05, 0.1) is 12.0 Å². The van der Waals surface area contributed by atoms with E-state index in [1.54, 1.807) is 34.6 Å². The maximum Gasteiger partial charge on any atom is 0.412 e. The second-order valence-corrected chi connectivity index (χ2v) is 16.1. The van der Waals surface area contributed by atoms with E-state index < -0.39 is 28.8 Å². The third-order valence-electron chi connectivity index (χ3n) is 8.42. The Labute approximate surface area is 329 Å². The zero-order valence-electron chi connectivity index (χ0n) is 32.6. The van der Waals surface area contributed by atoms with Crippen LogP contribution in [0.25, 0.3) is 33.8 Å². The van der Waals surface area contributed by atoms with Crippen molar-refractivity contribution in [3.8, 4) is 33.8 Å². The lowest BCUT2D eigenvalue weighted by Crippen LogP contribution is -2.27. The first-order valence-electron chi connectivity index (χ1n) is 18.0. The van der Waals surface area contributed by atoms with E-state index in [4.69, 9.17) is 23.3 Å². The number of nitrogens with zero attached hydrogens (tertiary/aromatic N) is 2. The average Bonchev–Trinajstić information content (AvgIpc) is 3.75. The van der Waals surface area contributed by atoms with Gasteiger partial charge in [-0.25, -0.2) is 9.59 Å². The molecule has 13 heteroatoms. The Morgan fingerprint density at radius 3 is 1.44 bits per heavy atom.